The van der Waals surface area contributed by atoms with E-state index in [9.17, 15) is 4.79 Å². The molecule has 0 unspecified atom stereocenters. The second-order valence-electron chi connectivity index (χ2n) is 5.44. The molecule has 2 rings (SSSR count). The van der Waals surface area contributed by atoms with Crippen LogP contribution < -0.4 is 5.32 Å². The normalized spacial score (nSPS) is 10.9. The molecule has 0 aromatic carbocycles. The topological polar surface area (TPSA) is 59.8 Å². The Morgan fingerprint density at radius 3 is 2.71 bits per heavy atom. The first-order valence-electron chi connectivity index (χ1n) is 7.25. The molecular formula is C16H22N4O. The fraction of sp³-hybridized carbons (Fsp3) is 0.438. The lowest BCUT2D eigenvalue weighted by Gasteiger charge is -2.08. The smallest absolute Gasteiger partial charge is 0.222 e. The summed E-state index contributed by atoms with van der Waals surface area (Å²) >= 11 is 0. The fourth-order valence-corrected chi connectivity index (χ4v) is 2.25. The first-order chi connectivity index (χ1) is 10.0. The molecule has 0 spiro atoms. The second-order valence-corrected chi connectivity index (χ2v) is 5.44. The average molecular weight is 286 g/mol. The van der Waals surface area contributed by atoms with Crippen molar-refractivity contribution in [3.05, 3.63) is 41.3 Å². The Hall–Kier alpha value is -2.17. The summed E-state index contributed by atoms with van der Waals surface area (Å²) in [6, 6.07) is 5.77. The van der Waals surface area contributed by atoms with E-state index in [-0.39, 0.29) is 11.8 Å². The first-order valence-corrected chi connectivity index (χ1v) is 7.25. The summed E-state index contributed by atoms with van der Waals surface area (Å²) < 4.78 is 1.86. The maximum atomic E-state index is 11.6. The molecule has 1 amide bonds. The van der Waals surface area contributed by atoms with E-state index in [0.717, 1.165) is 23.6 Å². The van der Waals surface area contributed by atoms with Gasteiger partial charge in [-0.1, -0.05) is 19.9 Å². The van der Waals surface area contributed by atoms with Crippen LogP contribution in [0.5, 0.6) is 0 Å². The van der Waals surface area contributed by atoms with Gasteiger partial charge in [-0.25, -0.2) is 9.67 Å². The third-order valence-electron chi connectivity index (χ3n) is 3.51. The molecule has 0 bridgehead atoms. The third kappa shape index (κ3) is 3.48. The number of hydrogen-bond donors (Lipinski definition) is 1. The van der Waals surface area contributed by atoms with Crippen molar-refractivity contribution in [2.45, 2.75) is 34.1 Å². The zero-order valence-electron chi connectivity index (χ0n) is 13.1. The van der Waals surface area contributed by atoms with Crippen LogP contribution in [0.25, 0.3) is 5.82 Å². The number of nitrogens with zero attached hydrogens (tertiary/aromatic N) is 3. The van der Waals surface area contributed by atoms with Crippen molar-refractivity contribution >= 4 is 5.91 Å². The van der Waals surface area contributed by atoms with E-state index in [1.54, 1.807) is 6.20 Å². The third-order valence-corrected chi connectivity index (χ3v) is 3.51. The molecule has 0 atom stereocenters. The Kier molecular flexibility index (Phi) is 4.73. The van der Waals surface area contributed by atoms with E-state index < -0.39 is 0 Å². The van der Waals surface area contributed by atoms with Gasteiger partial charge >= 0.3 is 0 Å². The van der Waals surface area contributed by atoms with Crippen molar-refractivity contribution < 1.29 is 4.79 Å². The summed E-state index contributed by atoms with van der Waals surface area (Å²) in [5, 5.41) is 7.50. The monoisotopic (exact) mass is 286 g/mol. The van der Waals surface area contributed by atoms with Crippen LogP contribution in [-0.4, -0.2) is 27.2 Å². The molecule has 21 heavy (non-hydrogen) atoms. The van der Waals surface area contributed by atoms with E-state index in [0.29, 0.717) is 6.54 Å². The van der Waals surface area contributed by atoms with Gasteiger partial charge in [0.1, 0.15) is 0 Å². The van der Waals surface area contributed by atoms with Gasteiger partial charge in [0.2, 0.25) is 5.91 Å². The number of aryl methyl sites for hydroxylation is 1. The molecular weight excluding hydrogens is 264 g/mol. The SMILES string of the molecule is Cc1nn(-c2ccccn2)c(C)c1CCNC(=O)C(C)C. The van der Waals surface area contributed by atoms with Crippen molar-refractivity contribution in [2.24, 2.45) is 5.92 Å². The Labute approximate surface area is 125 Å². The summed E-state index contributed by atoms with van der Waals surface area (Å²) in [5.74, 6) is 0.918. The largest absolute Gasteiger partial charge is 0.356 e. The summed E-state index contributed by atoms with van der Waals surface area (Å²) in [5.41, 5.74) is 3.23. The Morgan fingerprint density at radius 2 is 2.10 bits per heavy atom. The standard InChI is InChI=1S/C16H22N4O/c1-11(2)16(21)18-10-8-14-12(3)19-20(13(14)4)15-7-5-6-9-17-15/h5-7,9,11H,8,10H2,1-4H3,(H,18,21). The van der Waals surface area contributed by atoms with Crippen LogP contribution in [-0.2, 0) is 11.2 Å². The molecule has 0 saturated carbocycles. The lowest BCUT2D eigenvalue weighted by atomic mass is 10.1. The maximum Gasteiger partial charge on any atom is 0.222 e. The molecule has 1 N–H and O–H groups in total. The predicted octanol–water partition coefficient (Wildman–Crippen LogP) is 2.20. The quantitative estimate of drug-likeness (QED) is 0.916. The van der Waals surface area contributed by atoms with Gasteiger partial charge in [-0.3, -0.25) is 4.79 Å². The number of pyridine rings is 1. The molecule has 0 radical (unpaired) electrons. The zero-order valence-corrected chi connectivity index (χ0v) is 13.1. The molecule has 0 aliphatic carbocycles. The van der Waals surface area contributed by atoms with E-state index in [1.807, 2.05) is 50.6 Å². The lowest BCUT2D eigenvalue weighted by molar-refractivity contribution is -0.123. The number of nitrogens with one attached hydrogen (secondary N) is 1. The predicted molar refractivity (Wildman–Crippen MR) is 82.4 cm³/mol. The summed E-state index contributed by atoms with van der Waals surface area (Å²) in [6.07, 6.45) is 2.54. The van der Waals surface area contributed by atoms with Crippen LogP contribution in [0.15, 0.2) is 24.4 Å². The number of hydrogen-bond acceptors (Lipinski definition) is 3. The molecule has 0 aliphatic rings. The molecule has 0 saturated heterocycles. The van der Waals surface area contributed by atoms with Crippen LogP contribution in [0.2, 0.25) is 0 Å². The maximum absolute atomic E-state index is 11.6. The minimum absolute atomic E-state index is 0.0171. The van der Waals surface area contributed by atoms with Gasteiger partial charge in [-0.15, -0.1) is 0 Å². The van der Waals surface area contributed by atoms with Gasteiger partial charge in [0.15, 0.2) is 5.82 Å². The van der Waals surface area contributed by atoms with Gasteiger partial charge in [0, 0.05) is 24.4 Å². The minimum atomic E-state index is 0.0171. The molecule has 2 aromatic rings. The van der Waals surface area contributed by atoms with Crippen LogP contribution in [0, 0.1) is 19.8 Å². The molecule has 5 heteroatoms. The Morgan fingerprint density at radius 1 is 1.33 bits per heavy atom. The van der Waals surface area contributed by atoms with Gasteiger partial charge in [-0.05, 0) is 38.0 Å². The molecule has 112 valence electrons. The lowest BCUT2D eigenvalue weighted by Crippen LogP contribution is -2.29. The van der Waals surface area contributed by atoms with E-state index in [1.165, 1.54) is 5.56 Å². The van der Waals surface area contributed by atoms with Crippen molar-refractivity contribution in [1.29, 1.82) is 0 Å². The second kappa shape index (κ2) is 6.52. The molecule has 0 fully saturated rings. The van der Waals surface area contributed by atoms with E-state index in [2.05, 4.69) is 15.4 Å². The fourth-order valence-electron chi connectivity index (χ4n) is 2.25. The highest BCUT2D eigenvalue weighted by Gasteiger charge is 2.13. The van der Waals surface area contributed by atoms with Gasteiger partial charge in [0.25, 0.3) is 0 Å². The minimum Gasteiger partial charge on any atom is -0.356 e. The molecule has 5 nitrogen and oxygen atoms in total. The van der Waals surface area contributed by atoms with Gasteiger partial charge < -0.3 is 5.32 Å². The zero-order chi connectivity index (χ0) is 15.4. The van der Waals surface area contributed by atoms with Crippen LogP contribution in [0.1, 0.15) is 30.8 Å². The summed E-state index contributed by atoms with van der Waals surface area (Å²) in [4.78, 5) is 15.9. The Bertz CT molecular complexity index is 617. The van der Waals surface area contributed by atoms with Crippen molar-refractivity contribution in [3.63, 3.8) is 0 Å². The highest BCUT2D eigenvalue weighted by atomic mass is 16.1. The van der Waals surface area contributed by atoms with E-state index in [4.69, 9.17) is 0 Å². The number of carbonyl (C=O) groups excluding carboxylic acids is 1. The molecule has 0 aliphatic heterocycles. The van der Waals surface area contributed by atoms with Crippen molar-refractivity contribution in [2.75, 3.05) is 6.54 Å². The highest BCUT2D eigenvalue weighted by molar-refractivity contribution is 5.77. The average Bonchev–Trinajstić information content (AvgIpc) is 2.75. The van der Waals surface area contributed by atoms with Crippen molar-refractivity contribution in [3.8, 4) is 5.82 Å². The number of amides is 1. The molecule has 2 heterocycles. The summed E-state index contributed by atoms with van der Waals surface area (Å²) in [7, 11) is 0. The highest BCUT2D eigenvalue weighted by Crippen LogP contribution is 2.16. The van der Waals surface area contributed by atoms with Gasteiger partial charge in [0.05, 0.1) is 5.69 Å². The van der Waals surface area contributed by atoms with E-state index >= 15 is 0 Å². The van der Waals surface area contributed by atoms with Gasteiger partial charge in [-0.2, -0.15) is 5.10 Å². The Balaban J connectivity index is 2.11. The van der Waals surface area contributed by atoms with Crippen LogP contribution >= 0.6 is 0 Å². The van der Waals surface area contributed by atoms with Crippen LogP contribution in [0.3, 0.4) is 0 Å². The van der Waals surface area contributed by atoms with Crippen LogP contribution in [0.4, 0.5) is 0 Å². The molecule has 2 aromatic heterocycles. The van der Waals surface area contributed by atoms with Crippen molar-refractivity contribution in [1.82, 2.24) is 20.1 Å². The number of rotatable bonds is 5. The first kappa shape index (κ1) is 15.2. The number of carbonyl (C=O) groups is 1. The summed E-state index contributed by atoms with van der Waals surface area (Å²) in [6.45, 7) is 8.45. The number of aromatic nitrogens is 3.